The largest absolute Gasteiger partial charge is 0.384 e. The Morgan fingerprint density at radius 3 is 2.91 bits per heavy atom. The maximum absolute atomic E-state index is 9.24. The summed E-state index contributed by atoms with van der Waals surface area (Å²) < 4.78 is 0. The van der Waals surface area contributed by atoms with E-state index in [9.17, 15) is 5.11 Å². The molecule has 2 nitrogen and oxygen atoms in total. The van der Waals surface area contributed by atoms with Crippen LogP contribution in [0.1, 0.15) is 11.7 Å². The Labute approximate surface area is 70.2 Å². The first-order valence-corrected chi connectivity index (χ1v) is 3.53. The van der Waals surface area contributed by atoms with Gasteiger partial charge in [0.25, 0.3) is 0 Å². The number of rotatable bonds is 2. The lowest BCUT2D eigenvalue weighted by Gasteiger charge is -2.03. The minimum Gasteiger partial charge on any atom is -0.384 e. The third kappa shape index (κ3) is 2.03. The molecule has 1 aromatic heterocycles. The molecule has 1 atom stereocenters. The molecule has 0 aliphatic carbocycles. The fraction of sp³-hybridized carbons (Fsp3) is 0.125. The van der Waals surface area contributed by atoms with E-state index in [-0.39, 0.29) is 0 Å². The first kappa shape index (κ1) is 8.24. The summed E-state index contributed by atoms with van der Waals surface area (Å²) >= 11 is 5.64. The van der Waals surface area contributed by atoms with E-state index >= 15 is 0 Å². The SMILES string of the molecule is C=CC(O)c1cncc(Cl)c1. The van der Waals surface area contributed by atoms with Crippen molar-refractivity contribution in [1.29, 1.82) is 0 Å². The van der Waals surface area contributed by atoms with Crippen LogP contribution >= 0.6 is 11.6 Å². The van der Waals surface area contributed by atoms with E-state index in [1.807, 2.05) is 0 Å². The molecular formula is C8H8ClNO. The van der Waals surface area contributed by atoms with Crippen molar-refractivity contribution >= 4 is 11.6 Å². The molecule has 0 bridgehead atoms. The van der Waals surface area contributed by atoms with Gasteiger partial charge in [-0.3, -0.25) is 4.98 Å². The van der Waals surface area contributed by atoms with Crippen LogP contribution in [0.3, 0.4) is 0 Å². The quantitative estimate of drug-likeness (QED) is 0.687. The van der Waals surface area contributed by atoms with Crippen LogP contribution in [0.2, 0.25) is 5.02 Å². The molecule has 1 rings (SSSR count). The van der Waals surface area contributed by atoms with Gasteiger partial charge in [0.2, 0.25) is 0 Å². The summed E-state index contributed by atoms with van der Waals surface area (Å²) in [5.41, 5.74) is 0.660. The Kier molecular flexibility index (Phi) is 2.63. The van der Waals surface area contributed by atoms with Crippen molar-refractivity contribution in [2.24, 2.45) is 0 Å². The number of aliphatic hydroxyl groups is 1. The molecule has 58 valence electrons. The number of pyridine rings is 1. The summed E-state index contributed by atoms with van der Waals surface area (Å²) in [6.07, 6.45) is 3.81. The second-order valence-corrected chi connectivity index (χ2v) is 2.55. The fourth-order valence-electron chi connectivity index (χ4n) is 0.726. The molecule has 1 aromatic rings. The highest BCUT2D eigenvalue weighted by atomic mass is 35.5. The topological polar surface area (TPSA) is 33.1 Å². The standard InChI is InChI=1S/C8H8ClNO/c1-2-8(11)6-3-7(9)5-10-4-6/h2-5,8,11H,1H2. The van der Waals surface area contributed by atoms with Crippen molar-refractivity contribution in [3.05, 3.63) is 41.7 Å². The van der Waals surface area contributed by atoms with Gasteiger partial charge in [-0.2, -0.15) is 0 Å². The van der Waals surface area contributed by atoms with Gasteiger partial charge < -0.3 is 5.11 Å². The second-order valence-electron chi connectivity index (χ2n) is 2.12. The minimum absolute atomic E-state index is 0.517. The molecule has 0 aliphatic heterocycles. The Hall–Kier alpha value is -0.860. The zero-order chi connectivity index (χ0) is 8.27. The molecule has 0 aliphatic rings. The number of nitrogens with zero attached hydrogens (tertiary/aromatic N) is 1. The zero-order valence-electron chi connectivity index (χ0n) is 5.87. The van der Waals surface area contributed by atoms with Gasteiger partial charge in [-0.1, -0.05) is 17.7 Å². The maximum atomic E-state index is 9.24. The van der Waals surface area contributed by atoms with Gasteiger partial charge in [0, 0.05) is 18.0 Å². The van der Waals surface area contributed by atoms with E-state index in [1.54, 1.807) is 12.3 Å². The molecule has 1 unspecified atom stereocenters. The average molecular weight is 170 g/mol. The molecule has 0 radical (unpaired) electrons. The van der Waals surface area contributed by atoms with Gasteiger partial charge in [-0.25, -0.2) is 0 Å². The van der Waals surface area contributed by atoms with Crippen LogP contribution in [0.25, 0.3) is 0 Å². The van der Waals surface area contributed by atoms with E-state index in [2.05, 4.69) is 11.6 Å². The average Bonchev–Trinajstić information content (AvgIpc) is 2.03. The van der Waals surface area contributed by atoms with Crippen molar-refractivity contribution in [1.82, 2.24) is 4.98 Å². The number of aliphatic hydroxyl groups excluding tert-OH is 1. The first-order valence-electron chi connectivity index (χ1n) is 3.15. The highest BCUT2D eigenvalue weighted by molar-refractivity contribution is 6.30. The molecule has 0 spiro atoms. The summed E-state index contributed by atoms with van der Waals surface area (Å²) in [7, 11) is 0. The summed E-state index contributed by atoms with van der Waals surface area (Å²) in [5.74, 6) is 0. The number of hydrogen-bond acceptors (Lipinski definition) is 2. The predicted octanol–water partition coefficient (Wildman–Crippen LogP) is 1.95. The van der Waals surface area contributed by atoms with Gasteiger partial charge in [-0.15, -0.1) is 6.58 Å². The summed E-state index contributed by atoms with van der Waals surface area (Å²) in [4.78, 5) is 3.81. The molecule has 0 amide bonds. The Morgan fingerprint density at radius 2 is 2.36 bits per heavy atom. The molecule has 1 N–H and O–H groups in total. The Bertz CT molecular complexity index is 262. The molecule has 0 saturated heterocycles. The van der Waals surface area contributed by atoms with Crippen molar-refractivity contribution in [2.75, 3.05) is 0 Å². The van der Waals surface area contributed by atoms with Crippen molar-refractivity contribution in [3.8, 4) is 0 Å². The van der Waals surface area contributed by atoms with Crippen molar-refractivity contribution in [2.45, 2.75) is 6.10 Å². The molecule has 1 heterocycles. The van der Waals surface area contributed by atoms with Crippen LogP contribution in [0.15, 0.2) is 31.1 Å². The summed E-state index contributed by atoms with van der Waals surface area (Å²) in [6, 6.07) is 1.65. The van der Waals surface area contributed by atoms with Crippen molar-refractivity contribution in [3.63, 3.8) is 0 Å². The van der Waals surface area contributed by atoms with Crippen LogP contribution in [-0.4, -0.2) is 10.1 Å². The Balaban J connectivity index is 2.95. The van der Waals surface area contributed by atoms with Crippen LogP contribution in [0.4, 0.5) is 0 Å². The van der Waals surface area contributed by atoms with Gasteiger partial charge in [0.05, 0.1) is 11.1 Å². The zero-order valence-corrected chi connectivity index (χ0v) is 6.62. The first-order chi connectivity index (χ1) is 5.24. The molecule has 11 heavy (non-hydrogen) atoms. The lowest BCUT2D eigenvalue weighted by atomic mass is 10.2. The molecule has 3 heteroatoms. The maximum Gasteiger partial charge on any atom is 0.0984 e. The predicted molar refractivity (Wildman–Crippen MR) is 44.4 cm³/mol. The highest BCUT2D eigenvalue weighted by Gasteiger charge is 2.02. The van der Waals surface area contributed by atoms with E-state index in [1.165, 1.54) is 12.3 Å². The highest BCUT2D eigenvalue weighted by Crippen LogP contribution is 2.15. The Morgan fingerprint density at radius 1 is 1.64 bits per heavy atom. The molecule has 0 fully saturated rings. The third-order valence-corrected chi connectivity index (χ3v) is 1.50. The second kappa shape index (κ2) is 3.51. The van der Waals surface area contributed by atoms with Gasteiger partial charge >= 0.3 is 0 Å². The smallest absolute Gasteiger partial charge is 0.0984 e. The van der Waals surface area contributed by atoms with Crippen LogP contribution in [0, 0.1) is 0 Å². The molecule has 0 saturated carbocycles. The van der Waals surface area contributed by atoms with Gasteiger partial charge in [0.15, 0.2) is 0 Å². The lowest BCUT2D eigenvalue weighted by molar-refractivity contribution is 0.228. The number of halogens is 1. The van der Waals surface area contributed by atoms with Crippen LogP contribution in [-0.2, 0) is 0 Å². The summed E-state index contributed by atoms with van der Waals surface area (Å²) in [6.45, 7) is 3.45. The normalized spacial score (nSPS) is 12.5. The van der Waals surface area contributed by atoms with E-state index in [4.69, 9.17) is 11.6 Å². The molecular weight excluding hydrogens is 162 g/mol. The van der Waals surface area contributed by atoms with Crippen LogP contribution in [0.5, 0.6) is 0 Å². The van der Waals surface area contributed by atoms with E-state index in [0.717, 1.165) is 0 Å². The monoisotopic (exact) mass is 169 g/mol. The fourth-order valence-corrected chi connectivity index (χ4v) is 0.908. The van der Waals surface area contributed by atoms with E-state index in [0.29, 0.717) is 10.6 Å². The van der Waals surface area contributed by atoms with Crippen molar-refractivity contribution < 1.29 is 5.11 Å². The third-order valence-electron chi connectivity index (χ3n) is 1.29. The minimum atomic E-state index is -0.679. The van der Waals surface area contributed by atoms with Gasteiger partial charge in [-0.05, 0) is 6.07 Å². The molecule has 0 aromatic carbocycles. The van der Waals surface area contributed by atoms with E-state index < -0.39 is 6.10 Å². The van der Waals surface area contributed by atoms with Crippen LogP contribution < -0.4 is 0 Å². The summed E-state index contributed by atoms with van der Waals surface area (Å²) in [5, 5.41) is 9.75. The number of aromatic nitrogens is 1. The van der Waals surface area contributed by atoms with Gasteiger partial charge in [0.1, 0.15) is 0 Å². The number of hydrogen-bond donors (Lipinski definition) is 1. The lowest BCUT2D eigenvalue weighted by Crippen LogP contribution is -1.92.